The zero-order valence-electron chi connectivity index (χ0n) is 7.48. The SMILES string of the molecule is Cc1cc(/C=C/[B-](F)(F)F)ccc1Br. The number of hydrogen-bond donors (Lipinski definition) is 0. The maximum atomic E-state index is 11.9. The van der Waals surface area contributed by atoms with Gasteiger partial charge in [0.05, 0.1) is 0 Å². The Bertz CT molecular complexity index is 358. The molecular formula is C9H8BBrF3-. The molecule has 0 N–H and O–H groups in total. The predicted molar refractivity (Wildman–Crippen MR) is 57.0 cm³/mol. The molecule has 1 aromatic carbocycles. The van der Waals surface area contributed by atoms with Crippen LogP contribution in [0.4, 0.5) is 12.9 Å². The first-order valence-electron chi connectivity index (χ1n) is 4.04. The topological polar surface area (TPSA) is 0 Å². The molecule has 0 spiro atoms. The van der Waals surface area contributed by atoms with Gasteiger partial charge in [0.1, 0.15) is 0 Å². The van der Waals surface area contributed by atoms with Crippen molar-refractivity contribution >= 4 is 29.0 Å². The van der Waals surface area contributed by atoms with E-state index in [9.17, 15) is 12.9 Å². The molecule has 1 aromatic rings. The zero-order valence-corrected chi connectivity index (χ0v) is 9.06. The van der Waals surface area contributed by atoms with E-state index in [1.54, 1.807) is 18.2 Å². The van der Waals surface area contributed by atoms with Crippen molar-refractivity contribution in [3.8, 4) is 0 Å². The van der Waals surface area contributed by atoms with Crippen LogP contribution in [0.1, 0.15) is 11.1 Å². The Balaban J connectivity index is 2.89. The lowest BCUT2D eigenvalue weighted by molar-refractivity contribution is 0.499. The summed E-state index contributed by atoms with van der Waals surface area (Å²) in [5, 5.41) is 0. The second kappa shape index (κ2) is 4.21. The summed E-state index contributed by atoms with van der Waals surface area (Å²) in [5.41, 5.74) is 1.48. The fourth-order valence-corrected chi connectivity index (χ4v) is 1.24. The molecule has 0 fully saturated rings. The van der Waals surface area contributed by atoms with Crippen molar-refractivity contribution in [2.75, 3.05) is 0 Å². The van der Waals surface area contributed by atoms with E-state index in [1.165, 1.54) is 0 Å². The van der Waals surface area contributed by atoms with Gasteiger partial charge in [0.15, 0.2) is 0 Å². The summed E-state index contributed by atoms with van der Waals surface area (Å²) in [6.45, 7) is -3.01. The summed E-state index contributed by atoms with van der Waals surface area (Å²) < 4.78 is 36.6. The molecular weight excluding hydrogens is 256 g/mol. The van der Waals surface area contributed by atoms with E-state index >= 15 is 0 Å². The van der Waals surface area contributed by atoms with Crippen molar-refractivity contribution in [1.29, 1.82) is 0 Å². The molecule has 0 aliphatic carbocycles. The van der Waals surface area contributed by atoms with Crippen molar-refractivity contribution in [2.45, 2.75) is 6.92 Å². The summed E-state index contributed by atoms with van der Waals surface area (Å²) >= 11 is 3.28. The lowest BCUT2D eigenvalue weighted by atomic mass is 9.90. The third-order valence-corrected chi connectivity index (χ3v) is 2.58. The van der Waals surface area contributed by atoms with E-state index in [1.807, 2.05) is 6.92 Å². The number of halogens is 4. The number of hydrogen-bond acceptors (Lipinski definition) is 0. The second-order valence-corrected chi connectivity index (χ2v) is 3.85. The quantitative estimate of drug-likeness (QED) is 0.703. The van der Waals surface area contributed by atoms with Crippen LogP contribution in [0.15, 0.2) is 28.6 Å². The van der Waals surface area contributed by atoms with Gasteiger partial charge in [-0.25, -0.2) is 0 Å². The van der Waals surface area contributed by atoms with Crippen LogP contribution in [0.5, 0.6) is 0 Å². The van der Waals surface area contributed by atoms with Gasteiger partial charge in [-0.15, -0.1) is 5.98 Å². The van der Waals surface area contributed by atoms with Crippen molar-refractivity contribution in [1.82, 2.24) is 0 Å². The third kappa shape index (κ3) is 3.58. The lowest BCUT2D eigenvalue weighted by Crippen LogP contribution is -2.09. The van der Waals surface area contributed by atoms with Crippen molar-refractivity contribution in [3.05, 3.63) is 39.8 Å². The van der Waals surface area contributed by atoms with E-state index in [4.69, 9.17) is 0 Å². The summed E-state index contributed by atoms with van der Waals surface area (Å²) in [7, 11) is 0. The molecule has 0 unspecified atom stereocenters. The average Bonchev–Trinajstić information content (AvgIpc) is 2.06. The van der Waals surface area contributed by atoms with Crippen LogP contribution in [0, 0.1) is 6.92 Å². The lowest BCUT2D eigenvalue weighted by Gasteiger charge is -2.06. The Kier molecular flexibility index (Phi) is 3.42. The van der Waals surface area contributed by atoms with E-state index in [2.05, 4.69) is 15.9 Å². The summed E-state index contributed by atoms with van der Waals surface area (Å²) in [6.07, 6.45) is 1.08. The van der Waals surface area contributed by atoms with Crippen LogP contribution in [-0.2, 0) is 0 Å². The molecule has 5 heteroatoms. The molecule has 0 atom stereocenters. The van der Waals surface area contributed by atoms with Gasteiger partial charge in [0.25, 0.3) is 0 Å². The number of aryl methyl sites for hydroxylation is 1. The van der Waals surface area contributed by atoms with Crippen molar-refractivity contribution in [3.63, 3.8) is 0 Å². The standard InChI is InChI=1S/C9H8BBrF3/c1-7-6-8(2-3-9(7)11)4-5-10(12,13)14/h2-6H,1H3/q-1/b5-4+. The molecule has 0 saturated carbocycles. The Morgan fingerprint density at radius 1 is 1.29 bits per heavy atom. The zero-order chi connectivity index (χ0) is 10.8. The maximum absolute atomic E-state index is 11.9. The van der Waals surface area contributed by atoms with Crippen LogP contribution >= 0.6 is 15.9 Å². The van der Waals surface area contributed by atoms with Gasteiger partial charge < -0.3 is 12.9 Å². The smallest absolute Gasteiger partial charge is 0.445 e. The molecule has 0 saturated heterocycles. The highest BCUT2D eigenvalue weighted by molar-refractivity contribution is 9.10. The van der Waals surface area contributed by atoms with Gasteiger partial charge in [-0.3, -0.25) is 0 Å². The van der Waals surface area contributed by atoms with E-state index < -0.39 is 6.98 Å². The highest BCUT2D eigenvalue weighted by Crippen LogP contribution is 2.19. The van der Waals surface area contributed by atoms with Gasteiger partial charge in [-0.1, -0.05) is 34.1 Å². The minimum atomic E-state index is -4.84. The Morgan fingerprint density at radius 3 is 2.43 bits per heavy atom. The van der Waals surface area contributed by atoms with Crippen LogP contribution < -0.4 is 0 Å². The van der Waals surface area contributed by atoms with E-state index in [0.29, 0.717) is 11.5 Å². The average molecular weight is 264 g/mol. The molecule has 0 aliphatic rings. The van der Waals surface area contributed by atoms with E-state index in [-0.39, 0.29) is 0 Å². The molecule has 1 rings (SSSR count). The monoisotopic (exact) mass is 263 g/mol. The second-order valence-electron chi connectivity index (χ2n) is 2.99. The van der Waals surface area contributed by atoms with Gasteiger partial charge in [-0.05, 0) is 24.1 Å². The Morgan fingerprint density at radius 2 is 1.93 bits per heavy atom. The minimum Gasteiger partial charge on any atom is -0.445 e. The molecule has 0 amide bonds. The largest absolute Gasteiger partial charge is 0.502 e. The highest BCUT2D eigenvalue weighted by atomic mass is 79.9. The molecule has 76 valence electrons. The molecule has 0 heterocycles. The van der Waals surface area contributed by atoms with Crippen LogP contribution in [0.2, 0.25) is 0 Å². The molecule has 14 heavy (non-hydrogen) atoms. The molecule has 0 radical (unpaired) electrons. The maximum Gasteiger partial charge on any atom is 0.502 e. The van der Waals surface area contributed by atoms with E-state index in [0.717, 1.165) is 16.1 Å². The number of benzene rings is 1. The highest BCUT2D eigenvalue weighted by Gasteiger charge is 2.16. The first-order chi connectivity index (χ1) is 6.38. The molecule has 0 aliphatic heterocycles. The summed E-state index contributed by atoms with van der Waals surface area (Å²) in [5.74, 6) is 0.294. The van der Waals surface area contributed by atoms with Crippen molar-refractivity contribution in [2.24, 2.45) is 0 Å². The van der Waals surface area contributed by atoms with Gasteiger partial charge in [-0.2, -0.15) is 0 Å². The first-order valence-corrected chi connectivity index (χ1v) is 4.83. The minimum absolute atomic E-state index is 0.294. The van der Waals surface area contributed by atoms with Gasteiger partial charge >= 0.3 is 6.98 Å². The fraction of sp³-hybridized carbons (Fsp3) is 0.111. The normalized spacial score (nSPS) is 12.4. The van der Waals surface area contributed by atoms with Crippen molar-refractivity contribution < 1.29 is 12.9 Å². The molecule has 0 nitrogen and oxygen atoms in total. The Labute approximate surface area is 89.0 Å². The van der Waals surface area contributed by atoms with Crippen LogP contribution in [0.3, 0.4) is 0 Å². The fourth-order valence-electron chi connectivity index (χ4n) is 0.992. The van der Waals surface area contributed by atoms with Gasteiger partial charge in [0, 0.05) is 4.47 Å². The van der Waals surface area contributed by atoms with Gasteiger partial charge in [0.2, 0.25) is 0 Å². The third-order valence-electron chi connectivity index (χ3n) is 1.69. The summed E-state index contributed by atoms with van der Waals surface area (Å²) in [6, 6.07) is 5.07. The number of rotatable bonds is 2. The van der Waals surface area contributed by atoms with Crippen LogP contribution in [-0.4, -0.2) is 6.98 Å². The molecule has 0 bridgehead atoms. The Hall–Kier alpha value is -0.705. The van der Waals surface area contributed by atoms with Crippen LogP contribution in [0.25, 0.3) is 6.08 Å². The predicted octanol–water partition coefficient (Wildman–Crippen LogP) is 4.16. The molecule has 0 aromatic heterocycles. The first kappa shape index (κ1) is 11.4. The summed E-state index contributed by atoms with van der Waals surface area (Å²) in [4.78, 5) is 0.